The predicted octanol–water partition coefficient (Wildman–Crippen LogP) is 3.00. The number of fused-ring (bicyclic) bond motifs is 1. The third kappa shape index (κ3) is 6.78. The number of hydrogen-bond acceptors (Lipinski definition) is 9. The molecule has 1 atom stereocenters. The zero-order valence-corrected chi connectivity index (χ0v) is 24.3. The molecule has 14 heteroatoms. The highest BCUT2D eigenvalue weighted by atomic mass is 32.2. The molecule has 41 heavy (non-hydrogen) atoms. The molecule has 2 N–H and O–H groups in total. The highest BCUT2D eigenvalue weighted by Gasteiger charge is 2.23. The number of anilines is 2. The number of nitrogens with zero attached hydrogens (tertiary/aromatic N) is 1. The lowest BCUT2D eigenvalue weighted by Gasteiger charge is -2.19. The van der Waals surface area contributed by atoms with E-state index < -0.39 is 38.0 Å². The summed E-state index contributed by atoms with van der Waals surface area (Å²) in [5, 5.41) is 2.60. The highest BCUT2D eigenvalue weighted by molar-refractivity contribution is 7.92. The molecule has 1 aliphatic heterocycles. The Labute approximate surface area is 238 Å². The Bertz CT molecular complexity index is 1690. The van der Waals surface area contributed by atoms with E-state index in [2.05, 4.69) is 10.0 Å². The first-order valence-corrected chi connectivity index (χ1v) is 15.3. The number of carbonyl (C=O) groups is 2. The van der Waals surface area contributed by atoms with Crippen LogP contribution in [0.3, 0.4) is 0 Å². The van der Waals surface area contributed by atoms with Gasteiger partial charge in [-0.15, -0.1) is 0 Å². The number of sulfonamides is 2. The van der Waals surface area contributed by atoms with Gasteiger partial charge in [-0.1, -0.05) is 6.07 Å². The molecule has 1 aliphatic rings. The Morgan fingerprint density at radius 2 is 1.51 bits per heavy atom. The average Bonchev–Trinajstić information content (AvgIpc) is 2.93. The fraction of sp³-hybridized carbons (Fsp3) is 0.259. The van der Waals surface area contributed by atoms with Crippen LogP contribution in [0, 0.1) is 6.92 Å². The lowest BCUT2D eigenvalue weighted by atomic mass is 10.2. The fourth-order valence-electron chi connectivity index (χ4n) is 3.70. The Kier molecular flexibility index (Phi) is 8.56. The van der Waals surface area contributed by atoms with E-state index in [1.54, 1.807) is 13.0 Å². The van der Waals surface area contributed by atoms with Gasteiger partial charge in [0.1, 0.15) is 13.2 Å². The normalized spacial score (nSPS) is 13.8. The molecule has 0 unspecified atom stereocenters. The summed E-state index contributed by atoms with van der Waals surface area (Å²) < 4.78 is 70.2. The van der Waals surface area contributed by atoms with Crippen molar-refractivity contribution in [2.75, 3.05) is 37.3 Å². The number of amides is 1. The van der Waals surface area contributed by atoms with Gasteiger partial charge < -0.3 is 19.5 Å². The summed E-state index contributed by atoms with van der Waals surface area (Å²) in [4.78, 5) is 25.3. The molecule has 4 rings (SSSR count). The largest absolute Gasteiger partial charge is 0.486 e. The number of carbonyl (C=O) groups excluding carboxylic acids is 2. The van der Waals surface area contributed by atoms with Crippen LogP contribution in [0.15, 0.2) is 70.5 Å². The Morgan fingerprint density at radius 1 is 0.878 bits per heavy atom. The summed E-state index contributed by atoms with van der Waals surface area (Å²) in [7, 11) is -4.88. The third-order valence-corrected chi connectivity index (χ3v) is 9.29. The van der Waals surface area contributed by atoms with Crippen molar-refractivity contribution in [3.05, 3.63) is 71.8 Å². The molecule has 0 saturated carbocycles. The first-order valence-electron chi connectivity index (χ1n) is 12.4. The van der Waals surface area contributed by atoms with E-state index in [4.69, 9.17) is 14.2 Å². The maximum Gasteiger partial charge on any atom is 0.338 e. The minimum absolute atomic E-state index is 0.00210. The van der Waals surface area contributed by atoms with Gasteiger partial charge in [0.05, 0.1) is 15.4 Å². The van der Waals surface area contributed by atoms with E-state index >= 15 is 0 Å². The van der Waals surface area contributed by atoms with Gasteiger partial charge in [-0.05, 0) is 67.9 Å². The van der Waals surface area contributed by atoms with Crippen molar-refractivity contribution in [3.63, 3.8) is 0 Å². The van der Waals surface area contributed by atoms with Crippen molar-refractivity contribution in [1.82, 2.24) is 4.31 Å². The molecule has 3 aromatic carbocycles. The molecule has 12 nitrogen and oxygen atoms in total. The molecule has 0 radical (unpaired) electrons. The molecule has 0 aromatic heterocycles. The van der Waals surface area contributed by atoms with E-state index in [1.165, 1.54) is 75.6 Å². The van der Waals surface area contributed by atoms with Gasteiger partial charge in [0.15, 0.2) is 17.6 Å². The minimum Gasteiger partial charge on any atom is -0.486 e. The highest BCUT2D eigenvalue weighted by Crippen LogP contribution is 2.33. The van der Waals surface area contributed by atoms with Crippen LogP contribution in [0.5, 0.6) is 11.5 Å². The standard InChI is InChI=1S/C27H29N3O9S2/c1-17-5-10-22(41(35,36)30(3)4)15-23(17)28-26(31)18(2)39-27(32)19-6-8-20(9-7-19)29-40(33,34)21-11-12-24-25(16-21)38-14-13-37-24/h5-12,15-16,18,29H,13-14H2,1-4H3,(H,28,31)/t18-/m0/s1. The van der Waals surface area contributed by atoms with Gasteiger partial charge in [0.2, 0.25) is 10.0 Å². The topological polar surface area (TPSA) is 157 Å². The van der Waals surface area contributed by atoms with Crippen LogP contribution in [-0.4, -0.2) is 66.4 Å². The second kappa shape index (κ2) is 11.8. The maximum atomic E-state index is 12.8. The lowest BCUT2D eigenvalue weighted by molar-refractivity contribution is -0.123. The molecule has 218 valence electrons. The molecular weight excluding hydrogens is 574 g/mol. The Morgan fingerprint density at radius 3 is 2.17 bits per heavy atom. The van der Waals surface area contributed by atoms with Gasteiger partial charge in [0.25, 0.3) is 15.9 Å². The first kappa shape index (κ1) is 29.8. The number of esters is 1. The molecule has 0 saturated heterocycles. The van der Waals surface area contributed by atoms with E-state index in [9.17, 15) is 26.4 Å². The van der Waals surface area contributed by atoms with Crippen molar-refractivity contribution < 1.29 is 40.6 Å². The van der Waals surface area contributed by atoms with E-state index in [0.717, 1.165) is 4.31 Å². The second-order valence-corrected chi connectivity index (χ2v) is 13.1. The molecule has 0 spiro atoms. The molecule has 0 fully saturated rings. The zero-order chi connectivity index (χ0) is 29.9. The third-order valence-electron chi connectivity index (χ3n) is 6.10. The van der Waals surface area contributed by atoms with Crippen LogP contribution in [0.4, 0.5) is 11.4 Å². The fourth-order valence-corrected chi connectivity index (χ4v) is 5.70. The SMILES string of the molecule is Cc1ccc(S(=O)(=O)N(C)C)cc1NC(=O)[C@H](C)OC(=O)c1ccc(NS(=O)(=O)c2ccc3c(c2)OCCO3)cc1. The van der Waals surface area contributed by atoms with Crippen LogP contribution in [-0.2, 0) is 29.6 Å². The summed E-state index contributed by atoms with van der Waals surface area (Å²) in [6.45, 7) is 3.77. The Balaban J connectivity index is 1.39. The number of hydrogen-bond donors (Lipinski definition) is 2. The minimum atomic E-state index is -3.96. The van der Waals surface area contributed by atoms with Crippen molar-refractivity contribution >= 4 is 43.3 Å². The molecule has 3 aromatic rings. The number of ether oxygens (including phenoxy) is 3. The molecule has 1 heterocycles. The van der Waals surface area contributed by atoms with Crippen molar-refractivity contribution in [2.24, 2.45) is 0 Å². The van der Waals surface area contributed by atoms with E-state index in [1.807, 2.05) is 0 Å². The summed E-state index contributed by atoms with van der Waals surface area (Å²) in [5.41, 5.74) is 1.16. The molecule has 0 aliphatic carbocycles. The van der Waals surface area contributed by atoms with E-state index in [-0.39, 0.29) is 26.7 Å². The van der Waals surface area contributed by atoms with Gasteiger partial charge in [0, 0.05) is 31.5 Å². The number of rotatable bonds is 9. The Hall–Kier alpha value is -4.14. The number of nitrogens with one attached hydrogen (secondary N) is 2. The van der Waals surface area contributed by atoms with Gasteiger partial charge in [-0.25, -0.2) is 25.9 Å². The van der Waals surface area contributed by atoms with Gasteiger partial charge in [-0.2, -0.15) is 0 Å². The zero-order valence-electron chi connectivity index (χ0n) is 22.7. The predicted molar refractivity (Wildman–Crippen MR) is 150 cm³/mol. The van der Waals surface area contributed by atoms with Crippen LogP contribution >= 0.6 is 0 Å². The number of benzene rings is 3. The molecular formula is C27H29N3O9S2. The van der Waals surface area contributed by atoms with Gasteiger partial charge >= 0.3 is 5.97 Å². The summed E-state index contributed by atoms with van der Waals surface area (Å²) in [6, 6.07) is 14.1. The summed E-state index contributed by atoms with van der Waals surface area (Å²) in [5.74, 6) is -0.682. The number of aryl methyl sites for hydroxylation is 1. The van der Waals surface area contributed by atoms with Crippen LogP contribution < -0.4 is 19.5 Å². The van der Waals surface area contributed by atoms with E-state index in [0.29, 0.717) is 30.3 Å². The average molecular weight is 604 g/mol. The second-order valence-electron chi connectivity index (χ2n) is 9.29. The maximum absolute atomic E-state index is 12.8. The summed E-state index contributed by atoms with van der Waals surface area (Å²) >= 11 is 0. The van der Waals surface area contributed by atoms with Crippen LogP contribution in [0.1, 0.15) is 22.8 Å². The first-order chi connectivity index (χ1) is 19.3. The van der Waals surface area contributed by atoms with Crippen molar-refractivity contribution in [3.8, 4) is 11.5 Å². The summed E-state index contributed by atoms with van der Waals surface area (Å²) in [6.07, 6.45) is -1.22. The lowest BCUT2D eigenvalue weighted by Crippen LogP contribution is -2.30. The van der Waals surface area contributed by atoms with Crippen LogP contribution in [0.25, 0.3) is 0 Å². The quantitative estimate of drug-likeness (QED) is 0.351. The monoisotopic (exact) mass is 603 g/mol. The van der Waals surface area contributed by atoms with Crippen LogP contribution in [0.2, 0.25) is 0 Å². The van der Waals surface area contributed by atoms with Crippen molar-refractivity contribution in [1.29, 1.82) is 0 Å². The molecule has 0 bridgehead atoms. The smallest absolute Gasteiger partial charge is 0.338 e. The molecule has 1 amide bonds. The van der Waals surface area contributed by atoms with Gasteiger partial charge in [-0.3, -0.25) is 9.52 Å². The van der Waals surface area contributed by atoms with Crippen molar-refractivity contribution in [2.45, 2.75) is 29.7 Å².